The van der Waals surface area contributed by atoms with Crippen molar-refractivity contribution in [1.29, 1.82) is 0 Å². The van der Waals surface area contributed by atoms with Gasteiger partial charge < -0.3 is 14.7 Å². The molecule has 0 aliphatic heterocycles. The van der Waals surface area contributed by atoms with Crippen LogP contribution >= 0.6 is 0 Å². The lowest BCUT2D eigenvalue weighted by Gasteiger charge is -2.22. The van der Waals surface area contributed by atoms with E-state index in [2.05, 4.69) is 138 Å². The van der Waals surface area contributed by atoms with Gasteiger partial charge in [-0.15, -0.1) is 0 Å². The second kappa shape index (κ2) is 11.7. The number of carboxylic acids is 1. The molecular weight excluding hydrogens is 617 g/mol. The number of nitrogens with one attached hydrogen (secondary N) is 1. The third kappa shape index (κ3) is 5.77. The number of hydrogen-bond acceptors (Lipinski definition) is 3. The molecule has 0 radical (unpaired) electrons. The van der Waals surface area contributed by atoms with Crippen molar-refractivity contribution in [2.75, 3.05) is 0 Å². The quantitative estimate of drug-likeness (QED) is 0.192. The highest BCUT2D eigenvalue weighted by atomic mass is 16.4. The highest BCUT2D eigenvalue weighted by Gasteiger charge is 2.25. The van der Waals surface area contributed by atoms with E-state index >= 15 is 0 Å². The molecule has 50 heavy (non-hydrogen) atoms. The summed E-state index contributed by atoms with van der Waals surface area (Å²) in [6.07, 6.45) is 0. The summed E-state index contributed by atoms with van der Waals surface area (Å²) in [5.41, 5.74) is 12.8. The van der Waals surface area contributed by atoms with Gasteiger partial charge in [-0.1, -0.05) is 89.1 Å². The molecule has 0 unspecified atom stereocenters. The summed E-state index contributed by atoms with van der Waals surface area (Å²) < 4.78 is 2.30. The predicted molar refractivity (Wildman–Crippen MR) is 207 cm³/mol. The van der Waals surface area contributed by atoms with Crippen LogP contribution in [-0.4, -0.2) is 30.6 Å². The van der Waals surface area contributed by atoms with Gasteiger partial charge in [-0.3, -0.25) is 0 Å². The smallest absolute Gasteiger partial charge is 0.354 e. The summed E-state index contributed by atoms with van der Waals surface area (Å²) in [6, 6.07) is 27.6. The molecule has 0 saturated carbocycles. The Kier molecular flexibility index (Phi) is 7.78. The van der Waals surface area contributed by atoms with Crippen molar-refractivity contribution in [2.24, 2.45) is 0 Å². The van der Waals surface area contributed by atoms with Gasteiger partial charge in [-0.2, -0.15) is 0 Å². The van der Waals surface area contributed by atoms with E-state index in [0.717, 1.165) is 61.3 Å². The summed E-state index contributed by atoms with van der Waals surface area (Å²) in [5, 5.41) is 12.5. The van der Waals surface area contributed by atoms with Crippen LogP contribution in [0.1, 0.15) is 94.2 Å². The van der Waals surface area contributed by atoms with Gasteiger partial charge in [0.2, 0.25) is 0 Å². The summed E-state index contributed by atoms with van der Waals surface area (Å²) in [6.45, 7) is 22.0. The van der Waals surface area contributed by atoms with E-state index in [9.17, 15) is 9.90 Å². The van der Waals surface area contributed by atoms with Crippen LogP contribution in [-0.2, 0) is 10.8 Å². The first-order valence-electron chi connectivity index (χ1n) is 17.5. The molecule has 0 aliphatic carbocycles. The van der Waals surface area contributed by atoms with E-state index in [1.54, 1.807) is 6.07 Å². The Morgan fingerprint density at radius 1 is 0.740 bits per heavy atom. The molecule has 254 valence electrons. The third-order valence-electron chi connectivity index (χ3n) is 9.79. The molecule has 0 saturated heterocycles. The van der Waals surface area contributed by atoms with Crippen molar-refractivity contribution in [3.05, 3.63) is 107 Å². The number of carboxylic acid groups (broad SMARTS) is 1. The molecule has 0 atom stereocenters. The fraction of sp³-hybridized carbons (Fsp3) is 0.295. The van der Waals surface area contributed by atoms with Crippen LogP contribution in [0.5, 0.6) is 0 Å². The third-order valence-corrected chi connectivity index (χ3v) is 9.79. The first-order valence-corrected chi connectivity index (χ1v) is 17.5. The van der Waals surface area contributed by atoms with E-state index in [0.29, 0.717) is 5.69 Å². The number of imidazole rings is 1. The van der Waals surface area contributed by atoms with E-state index in [1.165, 1.54) is 21.9 Å². The second-order valence-electron chi connectivity index (χ2n) is 16.2. The van der Waals surface area contributed by atoms with Gasteiger partial charge in [-0.25, -0.2) is 14.8 Å². The van der Waals surface area contributed by atoms with Crippen molar-refractivity contribution in [3.63, 3.8) is 0 Å². The first kappa shape index (κ1) is 33.3. The average Bonchev–Trinajstić information content (AvgIpc) is 3.61. The Hall–Kier alpha value is -5.23. The van der Waals surface area contributed by atoms with E-state index in [-0.39, 0.29) is 22.6 Å². The molecule has 6 heteroatoms. The number of hydrogen-bond donors (Lipinski definition) is 2. The Bertz CT molecular complexity index is 2460. The average molecular weight is 663 g/mol. The summed E-state index contributed by atoms with van der Waals surface area (Å²) in [4.78, 5) is 26.3. The fourth-order valence-electron chi connectivity index (χ4n) is 7.20. The van der Waals surface area contributed by atoms with Gasteiger partial charge in [-0.05, 0) is 103 Å². The van der Waals surface area contributed by atoms with Crippen LogP contribution in [0.15, 0.2) is 78.9 Å². The molecule has 3 aromatic heterocycles. The molecule has 2 N–H and O–H groups in total. The number of nitrogens with zero attached hydrogens (tertiary/aromatic N) is 3. The molecule has 0 bridgehead atoms. The Morgan fingerprint density at radius 2 is 1.40 bits per heavy atom. The SMILES string of the molecule is Cc1cc(C)cc(-c2cc(C(=O)O)nc(-c3cccc4c3nc(-c3cc(C(C)(C)C)cc5c3[nH]c3ccc(C(C)(C)C)cc35)n4C(C)C)c2)c1. The number of benzene rings is 4. The number of rotatable bonds is 5. The van der Waals surface area contributed by atoms with Gasteiger partial charge in [0.15, 0.2) is 0 Å². The predicted octanol–water partition coefficient (Wildman–Crippen LogP) is 11.6. The minimum atomic E-state index is -1.06. The summed E-state index contributed by atoms with van der Waals surface area (Å²) in [7, 11) is 0. The zero-order valence-electron chi connectivity index (χ0n) is 30.8. The summed E-state index contributed by atoms with van der Waals surface area (Å²) in [5.74, 6) is -0.196. The number of aromatic nitrogens is 4. The number of pyridine rings is 1. The maximum atomic E-state index is 12.4. The van der Waals surface area contributed by atoms with Crippen LogP contribution in [0, 0.1) is 13.8 Å². The van der Waals surface area contributed by atoms with Gasteiger partial charge in [0.1, 0.15) is 11.5 Å². The van der Waals surface area contributed by atoms with Crippen LogP contribution in [0.2, 0.25) is 0 Å². The molecular formula is C44H46N4O2. The van der Waals surface area contributed by atoms with Crippen molar-refractivity contribution in [1.82, 2.24) is 19.5 Å². The molecule has 0 amide bonds. The van der Waals surface area contributed by atoms with E-state index in [1.807, 2.05) is 18.2 Å². The number of aryl methyl sites for hydroxylation is 2. The lowest BCUT2D eigenvalue weighted by Crippen LogP contribution is -2.12. The largest absolute Gasteiger partial charge is 0.477 e. The Morgan fingerprint density at radius 3 is 2.04 bits per heavy atom. The molecule has 3 heterocycles. The van der Waals surface area contributed by atoms with Gasteiger partial charge in [0.25, 0.3) is 0 Å². The number of aromatic amines is 1. The van der Waals surface area contributed by atoms with Gasteiger partial charge in [0.05, 0.1) is 22.2 Å². The highest BCUT2D eigenvalue weighted by Crippen LogP contribution is 2.42. The maximum absolute atomic E-state index is 12.4. The summed E-state index contributed by atoms with van der Waals surface area (Å²) >= 11 is 0. The fourth-order valence-corrected chi connectivity index (χ4v) is 7.20. The standard InChI is InChI=1S/C44H46N4O2/c1-24(2)48-38-13-11-12-31(36-19-28(20-37(45-36)42(49)50)27-17-25(3)16-26(4)18-27)40(38)47-41(48)34-23-30(44(8,9)10)22-33-32-21-29(43(5,6)7)14-15-35(32)46-39(33)34/h11-24,46H,1-10H3,(H,49,50). The minimum Gasteiger partial charge on any atom is -0.477 e. The second-order valence-corrected chi connectivity index (χ2v) is 16.2. The van der Waals surface area contributed by atoms with Crippen LogP contribution in [0.3, 0.4) is 0 Å². The molecule has 7 aromatic rings. The maximum Gasteiger partial charge on any atom is 0.354 e. The normalized spacial score (nSPS) is 12.5. The highest BCUT2D eigenvalue weighted by molar-refractivity contribution is 6.12. The number of aromatic carboxylic acids is 1. The van der Waals surface area contributed by atoms with Crippen molar-refractivity contribution < 1.29 is 9.90 Å². The molecule has 0 aliphatic rings. The van der Waals surface area contributed by atoms with E-state index < -0.39 is 5.97 Å². The van der Waals surface area contributed by atoms with E-state index in [4.69, 9.17) is 4.98 Å². The topological polar surface area (TPSA) is 83.8 Å². The van der Waals surface area contributed by atoms with Crippen LogP contribution in [0.25, 0.3) is 66.6 Å². The zero-order chi connectivity index (χ0) is 35.9. The zero-order valence-corrected chi connectivity index (χ0v) is 30.8. The number of fused-ring (bicyclic) bond motifs is 4. The number of para-hydroxylation sites is 1. The van der Waals surface area contributed by atoms with Crippen molar-refractivity contribution in [3.8, 4) is 33.8 Å². The Labute approximate surface area is 294 Å². The lowest BCUT2D eigenvalue weighted by molar-refractivity contribution is 0.0690. The number of carbonyl (C=O) groups is 1. The first-order chi connectivity index (χ1) is 23.5. The van der Waals surface area contributed by atoms with Crippen LogP contribution < -0.4 is 0 Å². The molecule has 6 nitrogen and oxygen atoms in total. The van der Waals surface area contributed by atoms with Crippen molar-refractivity contribution in [2.45, 2.75) is 86.1 Å². The Balaban J connectivity index is 1.53. The molecule has 4 aromatic carbocycles. The lowest BCUT2D eigenvalue weighted by atomic mass is 9.84. The minimum absolute atomic E-state index is 0.00414. The monoisotopic (exact) mass is 662 g/mol. The van der Waals surface area contributed by atoms with Gasteiger partial charge in [0, 0.05) is 33.5 Å². The number of H-pyrrole nitrogens is 1. The van der Waals surface area contributed by atoms with Gasteiger partial charge >= 0.3 is 5.97 Å². The van der Waals surface area contributed by atoms with Crippen LogP contribution in [0.4, 0.5) is 0 Å². The van der Waals surface area contributed by atoms with Crippen molar-refractivity contribution >= 4 is 38.8 Å². The molecule has 7 rings (SSSR count). The molecule has 0 spiro atoms. The molecule has 0 fully saturated rings.